The van der Waals surface area contributed by atoms with Crippen LogP contribution in [-0.2, 0) is 63.7 Å². The normalized spacial score (nSPS) is 15.6. The first-order chi connectivity index (χ1) is 27.8. The van der Waals surface area contributed by atoms with Crippen LogP contribution in [0.3, 0.4) is 0 Å². The summed E-state index contributed by atoms with van der Waals surface area (Å²) in [7, 11) is -36.1. The highest BCUT2D eigenvalue weighted by molar-refractivity contribution is 7.86. The fourth-order valence-corrected chi connectivity index (χ4v) is 76.9. The van der Waals surface area contributed by atoms with Crippen molar-refractivity contribution in [3.63, 3.8) is 0 Å². The van der Waals surface area contributed by atoms with E-state index in [-0.39, 0.29) is 5.75 Å². The van der Waals surface area contributed by atoms with Gasteiger partial charge in [0.05, 0.1) is 12.9 Å². The Balaban J connectivity index is 5.60. The van der Waals surface area contributed by atoms with E-state index < -0.39 is 121 Å². The molecule has 0 bridgehead atoms. The van der Waals surface area contributed by atoms with Gasteiger partial charge in [-0.2, -0.15) is 8.42 Å². The third-order valence-electron chi connectivity index (χ3n) is 8.77. The lowest BCUT2D eigenvalue weighted by Crippen LogP contribution is -2.63. The molecule has 0 spiro atoms. The second kappa shape index (κ2) is 23.9. The van der Waals surface area contributed by atoms with Gasteiger partial charge in [0, 0.05) is 0 Å². The molecular weight excluding hydrogens is 1060 g/mol. The maximum atomic E-state index is 11.7. The standard InChI is InChI=1S/C35H98O15SSi13/c1-29-30-34-52(3,4)39-54(7,8)41-56(11,12)43-58(15,16)45-60(19,20)47-62(23,24)49-64(27,28)50-63(25,26)48-61(21,22)46-59(17,18)44-57(13,14)42-55(9,10)40-53(5,6)35-32-31-33-51(36,37)38-2/h29-35H2,1-28H3. The summed E-state index contributed by atoms with van der Waals surface area (Å²) in [6, 6.07) is 1.95. The summed E-state index contributed by atoms with van der Waals surface area (Å²) in [6.07, 6.45) is 3.62. The van der Waals surface area contributed by atoms with Gasteiger partial charge >= 0.3 is 94.2 Å². The summed E-state index contributed by atoms with van der Waals surface area (Å²) in [5.74, 6) is 0.00940. The minimum Gasteiger partial charge on any atom is -0.436 e. The van der Waals surface area contributed by atoms with E-state index >= 15 is 0 Å². The summed E-state index contributed by atoms with van der Waals surface area (Å²) in [4.78, 5) is 0. The molecule has 0 heterocycles. The minimum atomic E-state index is -3.46. The van der Waals surface area contributed by atoms with Crippen LogP contribution in [0.4, 0.5) is 0 Å². The van der Waals surface area contributed by atoms with Crippen molar-refractivity contribution in [3.05, 3.63) is 0 Å². The molecule has 29 heteroatoms. The summed E-state index contributed by atoms with van der Waals surface area (Å²) >= 11 is 0. The second-order valence-electron chi connectivity index (χ2n) is 23.1. The van der Waals surface area contributed by atoms with Crippen molar-refractivity contribution in [1.29, 1.82) is 0 Å². The molecule has 0 N–H and O–H groups in total. The first kappa shape index (κ1) is 66.2. The average Bonchev–Trinajstić information content (AvgIpc) is 2.90. The Morgan fingerprint density at radius 3 is 0.672 bits per heavy atom. The van der Waals surface area contributed by atoms with Gasteiger partial charge in [-0.15, -0.1) is 0 Å². The molecule has 0 unspecified atom stereocenters. The molecule has 0 aliphatic heterocycles. The fraction of sp³-hybridized carbons (Fsp3) is 1.00. The van der Waals surface area contributed by atoms with E-state index in [1.165, 1.54) is 13.5 Å². The SMILES string of the molecule is CCCC[Si](C)(C)O[Si](C)(C)O[Si](C)(C)O[Si](C)(C)O[Si](C)(C)O[Si](C)(C)O[Si](C)(C)O[Si](C)(C)O[Si](C)(C)O[Si](C)(C)O[Si](C)(C)O[Si](C)(C)O[Si](C)(C)CCCCS(=O)(=O)OC. The van der Waals surface area contributed by atoms with Gasteiger partial charge in [-0.05, 0) is 189 Å². The topological polar surface area (TPSA) is 154 Å². The van der Waals surface area contributed by atoms with E-state index in [4.69, 9.17) is 49.4 Å². The van der Waals surface area contributed by atoms with Gasteiger partial charge in [0.15, 0.2) is 16.6 Å². The van der Waals surface area contributed by atoms with E-state index in [9.17, 15) is 8.42 Å². The number of hydrogen-bond donors (Lipinski definition) is 0. The Morgan fingerprint density at radius 2 is 0.484 bits per heavy atom. The van der Waals surface area contributed by atoms with Gasteiger partial charge in [0.1, 0.15) is 0 Å². The predicted octanol–water partition coefficient (Wildman–Crippen LogP) is 11.9. The molecule has 64 heavy (non-hydrogen) atoms. The quantitative estimate of drug-likeness (QED) is 0.0347. The Hall–Kier alpha value is 2.25. The zero-order valence-electron chi connectivity index (χ0n) is 46.0. The number of unbranched alkanes of at least 4 members (excludes halogenated alkanes) is 2. The van der Waals surface area contributed by atoms with Crippen LogP contribution in [0.15, 0.2) is 0 Å². The highest BCUT2D eigenvalue weighted by Crippen LogP contribution is 2.33. The average molecular weight is 1160 g/mol. The van der Waals surface area contributed by atoms with Crippen molar-refractivity contribution in [2.45, 2.75) is 215 Å². The lowest BCUT2D eigenvalue weighted by atomic mass is 10.4. The summed E-state index contributed by atoms with van der Waals surface area (Å²) in [5, 5.41) is 0. The monoisotopic (exact) mass is 1150 g/mol. The molecule has 386 valence electrons. The van der Waals surface area contributed by atoms with Crippen LogP contribution in [-0.4, -0.2) is 132 Å². The maximum Gasteiger partial charge on any atom is 0.314 e. The fourth-order valence-electron chi connectivity index (χ4n) is 9.10. The Labute approximate surface area is 407 Å². The third kappa shape index (κ3) is 30.9. The molecule has 15 nitrogen and oxygen atoms in total. The molecule has 0 aromatic carbocycles. The zero-order valence-corrected chi connectivity index (χ0v) is 59.8. The van der Waals surface area contributed by atoms with Crippen molar-refractivity contribution in [2.75, 3.05) is 12.9 Å². The molecule has 0 atom stereocenters. The van der Waals surface area contributed by atoms with Crippen LogP contribution >= 0.6 is 0 Å². The molecule has 0 amide bonds. The van der Waals surface area contributed by atoms with Crippen molar-refractivity contribution in [2.24, 2.45) is 0 Å². The molecule has 0 saturated carbocycles. The molecule has 0 radical (unpaired) electrons. The summed E-state index contributed by atoms with van der Waals surface area (Å²) < 4.78 is 110. The van der Waals surface area contributed by atoms with E-state index in [0.29, 0.717) is 6.42 Å². The molecule has 0 saturated heterocycles. The maximum absolute atomic E-state index is 11.7. The largest absolute Gasteiger partial charge is 0.436 e. The lowest BCUT2D eigenvalue weighted by molar-refractivity contribution is 0.252. The first-order valence-electron chi connectivity index (χ1n) is 23.0. The predicted molar refractivity (Wildman–Crippen MR) is 295 cm³/mol. The van der Waals surface area contributed by atoms with Gasteiger partial charge in [-0.3, -0.25) is 4.18 Å². The Kier molecular flexibility index (Phi) is 24.7. The van der Waals surface area contributed by atoms with Crippen LogP contribution < -0.4 is 0 Å². The molecule has 0 aliphatic rings. The molecule has 0 aromatic rings. The van der Waals surface area contributed by atoms with Crippen LogP contribution in [0.1, 0.15) is 32.6 Å². The van der Waals surface area contributed by atoms with Crippen LogP contribution in [0.5, 0.6) is 0 Å². The number of hydrogen-bond acceptors (Lipinski definition) is 15. The molecule has 0 aliphatic carbocycles. The second-order valence-corrected chi connectivity index (χ2v) is 73.6. The first-order valence-corrected chi connectivity index (χ1v) is 61.8. The zero-order chi connectivity index (χ0) is 51.1. The summed E-state index contributed by atoms with van der Waals surface area (Å²) in [5.41, 5.74) is 0. The highest BCUT2D eigenvalue weighted by atomic mass is 32.2. The third-order valence-corrected chi connectivity index (χ3v) is 60.9. The van der Waals surface area contributed by atoms with E-state index in [1.54, 1.807) is 0 Å². The van der Waals surface area contributed by atoms with Gasteiger partial charge in [0.2, 0.25) is 0 Å². The lowest BCUT2D eigenvalue weighted by Gasteiger charge is -2.45. The minimum absolute atomic E-state index is 0.00940. The highest BCUT2D eigenvalue weighted by Gasteiger charge is 2.52. The van der Waals surface area contributed by atoms with E-state index in [1.807, 2.05) is 52.4 Å². The van der Waals surface area contributed by atoms with Crippen molar-refractivity contribution in [1.82, 2.24) is 0 Å². The van der Waals surface area contributed by atoms with Crippen molar-refractivity contribution >= 4 is 121 Å². The Morgan fingerprint density at radius 1 is 0.297 bits per heavy atom. The molecule has 0 fully saturated rings. The molecule has 0 rings (SSSR count). The van der Waals surface area contributed by atoms with Crippen molar-refractivity contribution < 1.29 is 62.0 Å². The van der Waals surface area contributed by atoms with Gasteiger partial charge in [-0.1, -0.05) is 26.2 Å². The van der Waals surface area contributed by atoms with Gasteiger partial charge in [-0.25, -0.2) is 0 Å². The van der Waals surface area contributed by atoms with E-state index in [0.717, 1.165) is 24.9 Å². The van der Waals surface area contributed by atoms with E-state index in [2.05, 4.69) is 129 Å². The summed E-state index contributed by atoms with van der Waals surface area (Å²) in [6.45, 7) is 56.6. The van der Waals surface area contributed by atoms with Crippen LogP contribution in [0, 0.1) is 0 Å². The van der Waals surface area contributed by atoms with Crippen LogP contribution in [0.2, 0.25) is 182 Å². The molecular formula is C35H98O15SSi13. The Bertz CT molecular complexity index is 1560. The van der Waals surface area contributed by atoms with Crippen molar-refractivity contribution in [3.8, 4) is 0 Å². The van der Waals surface area contributed by atoms with Gasteiger partial charge < -0.3 is 49.4 Å². The smallest absolute Gasteiger partial charge is 0.314 e. The van der Waals surface area contributed by atoms with Crippen LogP contribution in [0.25, 0.3) is 0 Å². The molecule has 0 aromatic heterocycles. The van der Waals surface area contributed by atoms with Gasteiger partial charge in [0.25, 0.3) is 10.1 Å². The number of rotatable bonds is 33.